The first-order valence-corrected chi connectivity index (χ1v) is 6.25. The van der Waals surface area contributed by atoms with Gasteiger partial charge in [-0.15, -0.1) is 0 Å². The van der Waals surface area contributed by atoms with E-state index in [9.17, 15) is 0 Å². The summed E-state index contributed by atoms with van der Waals surface area (Å²) in [6.07, 6.45) is 3.66. The Morgan fingerprint density at radius 2 is 2.00 bits per heavy atom. The van der Waals surface area contributed by atoms with Crippen molar-refractivity contribution in [1.29, 1.82) is 0 Å². The molecular formula is C13H19Br. The van der Waals surface area contributed by atoms with Crippen LogP contribution in [0.15, 0.2) is 18.2 Å². The van der Waals surface area contributed by atoms with Crippen molar-refractivity contribution in [2.24, 2.45) is 0 Å². The molecule has 1 aromatic rings. The van der Waals surface area contributed by atoms with E-state index in [1.807, 2.05) is 0 Å². The Hall–Kier alpha value is -0.300. The highest BCUT2D eigenvalue weighted by Gasteiger charge is 2.06. The third-order valence-electron chi connectivity index (χ3n) is 2.54. The number of alkyl halides is 1. The van der Waals surface area contributed by atoms with Gasteiger partial charge in [0.25, 0.3) is 0 Å². The van der Waals surface area contributed by atoms with Crippen LogP contribution in [0.3, 0.4) is 0 Å². The quantitative estimate of drug-likeness (QED) is 0.699. The minimum atomic E-state index is 0.633. The number of rotatable bonds is 4. The van der Waals surface area contributed by atoms with Crippen LogP contribution >= 0.6 is 15.9 Å². The Kier molecular flexibility index (Phi) is 4.67. The molecule has 0 aliphatic carbocycles. The molecule has 0 aliphatic heterocycles. The predicted molar refractivity (Wildman–Crippen MR) is 67.2 cm³/mol. The standard InChI is InChI=1S/C13H19Br/c1-4-5-13(14)9-12-7-6-10(2)8-11(12)3/h6-8,13H,4-5,9H2,1-3H3. The maximum Gasteiger partial charge on any atom is 0.0186 e. The zero-order valence-electron chi connectivity index (χ0n) is 9.31. The van der Waals surface area contributed by atoms with Gasteiger partial charge in [-0.25, -0.2) is 0 Å². The molecule has 0 aliphatic rings. The van der Waals surface area contributed by atoms with Gasteiger partial charge >= 0.3 is 0 Å². The van der Waals surface area contributed by atoms with E-state index in [-0.39, 0.29) is 0 Å². The molecular weight excluding hydrogens is 236 g/mol. The molecule has 0 nitrogen and oxygen atoms in total. The third kappa shape index (κ3) is 3.45. The van der Waals surface area contributed by atoms with E-state index in [1.165, 1.54) is 29.5 Å². The Morgan fingerprint density at radius 3 is 2.57 bits per heavy atom. The first kappa shape index (κ1) is 11.8. The lowest BCUT2D eigenvalue weighted by atomic mass is 10.0. The molecule has 1 heteroatoms. The lowest BCUT2D eigenvalue weighted by Gasteiger charge is -2.11. The SMILES string of the molecule is CCCC(Br)Cc1ccc(C)cc1C. The third-order valence-corrected chi connectivity index (χ3v) is 3.32. The van der Waals surface area contributed by atoms with Gasteiger partial charge in [-0.2, -0.15) is 0 Å². The number of aryl methyl sites for hydroxylation is 2. The molecule has 1 rings (SSSR count). The maximum atomic E-state index is 3.73. The molecule has 1 atom stereocenters. The monoisotopic (exact) mass is 254 g/mol. The fraction of sp³-hybridized carbons (Fsp3) is 0.538. The molecule has 0 saturated carbocycles. The summed E-state index contributed by atoms with van der Waals surface area (Å²) in [5.74, 6) is 0. The predicted octanol–water partition coefficient (Wildman–Crippen LogP) is 4.41. The van der Waals surface area contributed by atoms with Gasteiger partial charge in [-0.1, -0.05) is 53.0 Å². The summed E-state index contributed by atoms with van der Waals surface area (Å²) in [5.41, 5.74) is 4.25. The lowest BCUT2D eigenvalue weighted by Crippen LogP contribution is -2.03. The molecule has 0 heterocycles. The van der Waals surface area contributed by atoms with Gasteiger partial charge in [0.2, 0.25) is 0 Å². The molecule has 0 fully saturated rings. The second-order valence-corrected chi connectivity index (χ2v) is 5.31. The number of benzene rings is 1. The van der Waals surface area contributed by atoms with Crippen molar-refractivity contribution in [1.82, 2.24) is 0 Å². The van der Waals surface area contributed by atoms with Crippen molar-refractivity contribution < 1.29 is 0 Å². The van der Waals surface area contributed by atoms with Crippen molar-refractivity contribution in [2.75, 3.05) is 0 Å². The van der Waals surface area contributed by atoms with Gasteiger partial charge in [0, 0.05) is 4.83 Å². The largest absolute Gasteiger partial charge is 0.0887 e. The van der Waals surface area contributed by atoms with Gasteiger partial charge in [0.1, 0.15) is 0 Å². The normalized spacial score (nSPS) is 12.9. The van der Waals surface area contributed by atoms with Crippen LogP contribution in [0.5, 0.6) is 0 Å². The van der Waals surface area contributed by atoms with E-state index in [0.717, 1.165) is 6.42 Å². The molecule has 78 valence electrons. The molecule has 1 unspecified atom stereocenters. The first-order valence-electron chi connectivity index (χ1n) is 5.33. The number of hydrogen-bond donors (Lipinski definition) is 0. The summed E-state index contributed by atoms with van der Waals surface area (Å²) >= 11 is 3.73. The van der Waals surface area contributed by atoms with Gasteiger partial charge < -0.3 is 0 Å². The van der Waals surface area contributed by atoms with Gasteiger partial charge in [-0.3, -0.25) is 0 Å². The van der Waals surface area contributed by atoms with Crippen molar-refractivity contribution in [3.05, 3.63) is 34.9 Å². The molecule has 0 amide bonds. The molecule has 14 heavy (non-hydrogen) atoms. The number of hydrogen-bond acceptors (Lipinski definition) is 0. The summed E-state index contributed by atoms with van der Waals surface area (Å²) < 4.78 is 0. The zero-order chi connectivity index (χ0) is 10.6. The van der Waals surface area contributed by atoms with E-state index in [4.69, 9.17) is 0 Å². The summed E-state index contributed by atoms with van der Waals surface area (Å²) in [4.78, 5) is 0.633. The lowest BCUT2D eigenvalue weighted by molar-refractivity contribution is 0.742. The Morgan fingerprint density at radius 1 is 1.29 bits per heavy atom. The fourth-order valence-electron chi connectivity index (χ4n) is 1.73. The first-order chi connectivity index (χ1) is 6.63. The van der Waals surface area contributed by atoms with Crippen molar-refractivity contribution >= 4 is 15.9 Å². The second-order valence-electron chi connectivity index (χ2n) is 4.02. The molecule has 0 aromatic heterocycles. The summed E-state index contributed by atoms with van der Waals surface area (Å²) in [6.45, 7) is 6.58. The highest BCUT2D eigenvalue weighted by molar-refractivity contribution is 9.09. The molecule has 0 N–H and O–H groups in total. The Balaban J connectivity index is 2.67. The van der Waals surface area contributed by atoms with Crippen LogP contribution in [0, 0.1) is 13.8 Å². The summed E-state index contributed by atoms with van der Waals surface area (Å²) in [7, 11) is 0. The van der Waals surface area contributed by atoms with Gasteiger partial charge in [0.15, 0.2) is 0 Å². The minimum absolute atomic E-state index is 0.633. The highest BCUT2D eigenvalue weighted by Crippen LogP contribution is 2.18. The van der Waals surface area contributed by atoms with Crippen LogP contribution in [-0.2, 0) is 6.42 Å². The molecule has 0 spiro atoms. The Labute approximate surface area is 95.9 Å². The van der Waals surface area contributed by atoms with Crippen molar-refractivity contribution in [2.45, 2.75) is 44.9 Å². The highest BCUT2D eigenvalue weighted by atomic mass is 79.9. The van der Waals surface area contributed by atoms with Crippen molar-refractivity contribution in [3.8, 4) is 0 Å². The fourth-order valence-corrected chi connectivity index (χ4v) is 2.54. The maximum absolute atomic E-state index is 3.73. The topological polar surface area (TPSA) is 0 Å². The van der Waals surface area contributed by atoms with Crippen LogP contribution in [0.1, 0.15) is 36.5 Å². The zero-order valence-corrected chi connectivity index (χ0v) is 10.9. The number of halogens is 1. The summed E-state index contributed by atoms with van der Waals surface area (Å²) in [5, 5.41) is 0. The van der Waals surface area contributed by atoms with Gasteiger partial charge in [-0.05, 0) is 37.8 Å². The molecule has 1 aromatic carbocycles. The minimum Gasteiger partial charge on any atom is -0.0887 e. The van der Waals surface area contributed by atoms with E-state index >= 15 is 0 Å². The second kappa shape index (κ2) is 5.55. The van der Waals surface area contributed by atoms with E-state index < -0.39 is 0 Å². The molecule has 0 saturated heterocycles. The van der Waals surface area contributed by atoms with Crippen LogP contribution in [-0.4, -0.2) is 4.83 Å². The average Bonchev–Trinajstić information content (AvgIpc) is 2.10. The van der Waals surface area contributed by atoms with E-state index in [1.54, 1.807) is 0 Å². The average molecular weight is 255 g/mol. The smallest absolute Gasteiger partial charge is 0.0186 e. The van der Waals surface area contributed by atoms with E-state index in [0.29, 0.717) is 4.83 Å². The van der Waals surface area contributed by atoms with Gasteiger partial charge in [0.05, 0.1) is 0 Å². The Bertz CT molecular complexity index is 291. The van der Waals surface area contributed by atoms with Crippen molar-refractivity contribution in [3.63, 3.8) is 0 Å². The molecule has 0 bridgehead atoms. The van der Waals surface area contributed by atoms with Crippen LogP contribution in [0.4, 0.5) is 0 Å². The van der Waals surface area contributed by atoms with E-state index in [2.05, 4.69) is 54.9 Å². The van der Waals surface area contributed by atoms with Crippen LogP contribution in [0.2, 0.25) is 0 Å². The molecule has 0 radical (unpaired) electrons. The van der Waals surface area contributed by atoms with Crippen LogP contribution in [0.25, 0.3) is 0 Å². The van der Waals surface area contributed by atoms with Crippen LogP contribution < -0.4 is 0 Å². The summed E-state index contributed by atoms with van der Waals surface area (Å²) in [6, 6.07) is 6.73.